The summed E-state index contributed by atoms with van der Waals surface area (Å²) in [7, 11) is 0. The Kier molecular flexibility index (Phi) is 6.87. The third-order valence-electron chi connectivity index (χ3n) is 3.34. The largest absolute Gasteiger partial charge is 0.463 e. The minimum atomic E-state index is -0.513. The van der Waals surface area contributed by atoms with Crippen molar-refractivity contribution in [3.05, 3.63) is 65.3 Å². The molecule has 2 aromatic heterocycles. The van der Waals surface area contributed by atoms with Crippen molar-refractivity contribution in [2.24, 2.45) is 0 Å². The molecule has 0 aliphatic heterocycles. The molecule has 27 heavy (non-hydrogen) atoms. The molecule has 0 atom stereocenters. The number of hydrogen-bond acceptors (Lipinski definition) is 6. The van der Waals surface area contributed by atoms with Crippen LogP contribution in [-0.4, -0.2) is 28.3 Å². The van der Waals surface area contributed by atoms with Gasteiger partial charge in [0.05, 0.1) is 36.1 Å². The van der Waals surface area contributed by atoms with Gasteiger partial charge >= 0.3 is 5.97 Å². The summed E-state index contributed by atoms with van der Waals surface area (Å²) in [6.45, 7) is 2.01. The standard InChI is InChI=1S/C10H11FN2O2.C9H6FNO/c1-2-15-10(14)4-3-9-8(12)5-7(11)6-13-9;10-7-3-6-4-8(12)1-2-9(6)11-5-7/h3-6H,2,12H2,1H3;1-3,5H,4H2/b4-3+;. The van der Waals surface area contributed by atoms with Crippen molar-refractivity contribution in [1.82, 2.24) is 9.97 Å². The number of aromatic nitrogens is 2. The second kappa shape index (κ2) is 9.33. The zero-order chi connectivity index (χ0) is 19.8. The molecule has 1 aliphatic rings. The third kappa shape index (κ3) is 6.10. The summed E-state index contributed by atoms with van der Waals surface area (Å²) >= 11 is 0. The fraction of sp³-hybridized carbons (Fsp3) is 0.158. The van der Waals surface area contributed by atoms with Crippen molar-refractivity contribution >= 4 is 29.6 Å². The highest BCUT2D eigenvalue weighted by Gasteiger charge is 2.11. The van der Waals surface area contributed by atoms with E-state index in [1.165, 1.54) is 24.3 Å². The Morgan fingerprint density at radius 1 is 1.22 bits per heavy atom. The van der Waals surface area contributed by atoms with Gasteiger partial charge in [-0.3, -0.25) is 14.8 Å². The van der Waals surface area contributed by atoms with Gasteiger partial charge in [0.25, 0.3) is 0 Å². The third-order valence-corrected chi connectivity index (χ3v) is 3.34. The normalized spacial score (nSPS) is 12.3. The molecule has 0 unspecified atom stereocenters. The maximum Gasteiger partial charge on any atom is 0.330 e. The molecular weight excluding hydrogens is 356 g/mol. The molecule has 0 fully saturated rings. The predicted octanol–water partition coefficient (Wildman–Crippen LogP) is 2.74. The number of pyridine rings is 2. The van der Waals surface area contributed by atoms with Gasteiger partial charge in [-0.15, -0.1) is 0 Å². The van der Waals surface area contributed by atoms with Gasteiger partial charge in [-0.05, 0) is 36.8 Å². The highest BCUT2D eigenvalue weighted by Crippen LogP contribution is 2.15. The van der Waals surface area contributed by atoms with E-state index < -0.39 is 17.6 Å². The van der Waals surface area contributed by atoms with Gasteiger partial charge in [-0.2, -0.15) is 0 Å². The van der Waals surface area contributed by atoms with E-state index in [-0.39, 0.29) is 17.9 Å². The molecule has 0 bridgehead atoms. The molecule has 0 radical (unpaired) electrons. The molecule has 8 heteroatoms. The van der Waals surface area contributed by atoms with Gasteiger partial charge in [0, 0.05) is 18.6 Å². The maximum absolute atomic E-state index is 12.6. The number of halogens is 2. The Morgan fingerprint density at radius 2 is 1.93 bits per heavy atom. The average molecular weight is 373 g/mol. The van der Waals surface area contributed by atoms with E-state index >= 15 is 0 Å². The van der Waals surface area contributed by atoms with Crippen LogP contribution in [0, 0.1) is 11.6 Å². The fourth-order valence-electron chi connectivity index (χ4n) is 2.14. The van der Waals surface area contributed by atoms with Gasteiger partial charge < -0.3 is 10.5 Å². The van der Waals surface area contributed by atoms with Gasteiger partial charge in [0.15, 0.2) is 5.78 Å². The van der Waals surface area contributed by atoms with Crippen molar-refractivity contribution in [3.8, 4) is 0 Å². The van der Waals surface area contributed by atoms with Crippen LogP contribution in [0.2, 0.25) is 0 Å². The molecule has 0 aromatic carbocycles. The molecule has 2 N–H and O–H groups in total. The molecule has 0 saturated carbocycles. The van der Waals surface area contributed by atoms with Crippen molar-refractivity contribution in [2.75, 3.05) is 12.3 Å². The molecule has 3 rings (SSSR count). The van der Waals surface area contributed by atoms with Crippen LogP contribution < -0.4 is 5.73 Å². The van der Waals surface area contributed by atoms with Crippen molar-refractivity contribution in [3.63, 3.8) is 0 Å². The number of hydrogen-bond donors (Lipinski definition) is 1. The SMILES string of the molecule is CCOC(=O)/C=C/c1ncc(F)cc1N.O=C1C=Cc2ncc(F)cc2C1. The molecule has 6 nitrogen and oxygen atoms in total. The summed E-state index contributed by atoms with van der Waals surface area (Å²) in [5.41, 5.74) is 7.35. The zero-order valence-electron chi connectivity index (χ0n) is 14.5. The average Bonchev–Trinajstić information content (AvgIpc) is 2.61. The van der Waals surface area contributed by atoms with E-state index in [1.807, 2.05) is 0 Å². The number of rotatable bonds is 3. The summed E-state index contributed by atoms with van der Waals surface area (Å²) in [6, 6.07) is 2.49. The van der Waals surface area contributed by atoms with Crippen LogP contribution in [0.3, 0.4) is 0 Å². The van der Waals surface area contributed by atoms with Crippen molar-refractivity contribution in [1.29, 1.82) is 0 Å². The lowest BCUT2D eigenvalue weighted by atomic mass is 10.0. The molecule has 2 heterocycles. The molecule has 2 aromatic rings. The maximum atomic E-state index is 12.6. The first-order valence-corrected chi connectivity index (χ1v) is 8.00. The van der Waals surface area contributed by atoms with Crippen LogP contribution in [0.25, 0.3) is 12.2 Å². The van der Waals surface area contributed by atoms with E-state index in [0.717, 1.165) is 18.5 Å². The summed E-state index contributed by atoms with van der Waals surface area (Å²) in [6.07, 6.45) is 8.09. The molecule has 0 saturated heterocycles. The number of fused-ring (bicyclic) bond motifs is 1. The Labute approximate surface area is 154 Å². The van der Waals surface area contributed by atoms with E-state index in [4.69, 9.17) is 5.73 Å². The molecule has 1 aliphatic carbocycles. The topological polar surface area (TPSA) is 95.2 Å². The smallest absolute Gasteiger partial charge is 0.330 e. The van der Waals surface area contributed by atoms with Gasteiger partial charge in [-0.25, -0.2) is 13.6 Å². The number of esters is 1. The van der Waals surface area contributed by atoms with E-state index in [9.17, 15) is 18.4 Å². The highest BCUT2D eigenvalue weighted by atomic mass is 19.1. The van der Waals surface area contributed by atoms with Gasteiger partial charge in [-0.1, -0.05) is 0 Å². The van der Waals surface area contributed by atoms with Crippen LogP contribution in [-0.2, 0) is 20.7 Å². The Balaban J connectivity index is 0.000000198. The highest BCUT2D eigenvalue weighted by molar-refractivity contribution is 5.97. The first-order valence-electron chi connectivity index (χ1n) is 8.00. The van der Waals surface area contributed by atoms with Crippen LogP contribution in [0.5, 0.6) is 0 Å². The molecule has 0 amide bonds. The van der Waals surface area contributed by atoms with E-state index in [1.54, 1.807) is 13.0 Å². The van der Waals surface area contributed by atoms with Crippen LogP contribution in [0.4, 0.5) is 14.5 Å². The quantitative estimate of drug-likeness (QED) is 0.657. The van der Waals surface area contributed by atoms with E-state index in [2.05, 4.69) is 14.7 Å². The first-order chi connectivity index (χ1) is 12.9. The fourth-order valence-corrected chi connectivity index (χ4v) is 2.14. The second-order valence-corrected chi connectivity index (χ2v) is 5.39. The number of nitrogens with zero attached hydrogens (tertiary/aromatic N) is 2. The summed E-state index contributed by atoms with van der Waals surface area (Å²) < 4.78 is 29.9. The minimum Gasteiger partial charge on any atom is -0.463 e. The van der Waals surface area contributed by atoms with Crippen LogP contribution in [0.15, 0.2) is 36.7 Å². The first kappa shape index (κ1) is 19.9. The number of carbonyl (C=O) groups excluding carboxylic acids is 2. The summed E-state index contributed by atoms with van der Waals surface area (Å²) in [5.74, 6) is -1.39. The summed E-state index contributed by atoms with van der Waals surface area (Å²) in [5, 5.41) is 0. The lowest BCUT2D eigenvalue weighted by Crippen LogP contribution is -2.06. The van der Waals surface area contributed by atoms with Crippen LogP contribution in [0.1, 0.15) is 23.9 Å². The Bertz CT molecular complexity index is 911. The Hall–Kier alpha value is -3.42. The van der Waals surface area contributed by atoms with Crippen LogP contribution >= 0.6 is 0 Å². The number of ketones is 1. The second-order valence-electron chi connectivity index (χ2n) is 5.39. The molecule has 0 spiro atoms. The number of anilines is 1. The van der Waals surface area contributed by atoms with Crippen molar-refractivity contribution < 1.29 is 23.1 Å². The molecular formula is C19H17F2N3O3. The van der Waals surface area contributed by atoms with Gasteiger partial charge in [0.2, 0.25) is 0 Å². The monoisotopic (exact) mass is 373 g/mol. The zero-order valence-corrected chi connectivity index (χ0v) is 14.5. The molecule has 140 valence electrons. The number of carbonyl (C=O) groups is 2. The number of nitrogen functional groups attached to an aromatic ring is 1. The summed E-state index contributed by atoms with van der Waals surface area (Å²) in [4.78, 5) is 29.4. The van der Waals surface area contributed by atoms with E-state index in [0.29, 0.717) is 23.6 Å². The Morgan fingerprint density at radius 3 is 2.63 bits per heavy atom. The minimum absolute atomic E-state index is 0.00472. The lowest BCUT2D eigenvalue weighted by molar-refractivity contribution is -0.137. The lowest BCUT2D eigenvalue weighted by Gasteiger charge is -2.06. The van der Waals surface area contributed by atoms with Gasteiger partial charge in [0.1, 0.15) is 11.6 Å². The van der Waals surface area contributed by atoms with Crippen molar-refractivity contribution in [2.45, 2.75) is 13.3 Å². The predicted molar refractivity (Wildman–Crippen MR) is 96.2 cm³/mol. The number of nitrogens with two attached hydrogens (primary N) is 1. The number of ether oxygens (including phenoxy) is 1. The number of allylic oxidation sites excluding steroid dienone is 1.